The summed E-state index contributed by atoms with van der Waals surface area (Å²) in [4.78, 5) is 1.23. The zero-order chi connectivity index (χ0) is 11.3. The van der Waals surface area contributed by atoms with Crippen LogP contribution in [0.1, 0.15) is 25.7 Å². The quantitative estimate of drug-likeness (QED) is 0.636. The molecule has 0 fully saturated rings. The summed E-state index contributed by atoms with van der Waals surface area (Å²) in [6, 6.07) is 10.3. The van der Waals surface area contributed by atoms with E-state index < -0.39 is 5.60 Å². The van der Waals surface area contributed by atoms with E-state index >= 15 is 0 Å². The molecule has 2 rings (SSSR count). The van der Waals surface area contributed by atoms with Gasteiger partial charge in [0.1, 0.15) is 0 Å². The summed E-state index contributed by atoms with van der Waals surface area (Å²) in [5, 5.41) is 10.4. The van der Waals surface area contributed by atoms with Crippen molar-refractivity contribution in [3.05, 3.63) is 42.5 Å². The molecule has 1 nitrogen and oxygen atoms in total. The number of hydrogen-bond acceptors (Lipinski definition) is 2. The zero-order valence-electron chi connectivity index (χ0n) is 9.43. The maximum Gasteiger partial charge on any atom is 0.0921 e. The van der Waals surface area contributed by atoms with Crippen molar-refractivity contribution in [1.82, 2.24) is 0 Å². The van der Waals surface area contributed by atoms with Crippen LogP contribution in [0.3, 0.4) is 0 Å². The minimum Gasteiger partial charge on any atom is -0.385 e. The first kappa shape index (κ1) is 11.7. The lowest BCUT2D eigenvalue weighted by Gasteiger charge is -2.22. The topological polar surface area (TPSA) is 20.2 Å². The van der Waals surface area contributed by atoms with E-state index in [0.717, 1.165) is 25.0 Å². The highest BCUT2D eigenvalue weighted by atomic mass is 32.2. The average Bonchev–Trinajstić information content (AvgIpc) is 2.54. The molecule has 0 amide bonds. The van der Waals surface area contributed by atoms with Crippen LogP contribution in [0.4, 0.5) is 0 Å². The maximum atomic E-state index is 10.4. The fourth-order valence-corrected chi connectivity index (χ4v) is 2.93. The summed E-state index contributed by atoms with van der Waals surface area (Å²) < 4.78 is 0. The van der Waals surface area contributed by atoms with E-state index in [1.54, 1.807) is 11.8 Å². The van der Waals surface area contributed by atoms with Gasteiger partial charge in [0.05, 0.1) is 5.60 Å². The first-order valence-electron chi connectivity index (χ1n) is 5.86. The molecular weight excluding hydrogens is 216 g/mol. The van der Waals surface area contributed by atoms with Gasteiger partial charge in [0.15, 0.2) is 0 Å². The van der Waals surface area contributed by atoms with Crippen molar-refractivity contribution in [2.45, 2.75) is 36.2 Å². The first-order valence-corrected chi connectivity index (χ1v) is 6.85. The molecule has 1 N–H and O–H groups in total. The molecule has 1 atom stereocenters. The fraction of sp³-hybridized carbons (Fsp3) is 0.429. The third-order valence-corrected chi connectivity index (χ3v) is 4.14. The molecule has 1 unspecified atom stereocenters. The van der Waals surface area contributed by atoms with Gasteiger partial charge in [-0.2, -0.15) is 0 Å². The average molecular weight is 234 g/mol. The van der Waals surface area contributed by atoms with Crippen molar-refractivity contribution >= 4 is 11.8 Å². The number of rotatable bonds is 3. The second-order valence-corrected chi connectivity index (χ2v) is 5.40. The summed E-state index contributed by atoms with van der Waals surface area (Å²) in [5.41, 5.74) is -0.600. The van der Waals surface area contributed by atoms with Gasteiger partial charge in [0, 0.05) is 10.6 Å². The van der Waals surface area contributed by atoms with E-state index in [1.165, 1.54) is 11.3 Å². The van der Waals surface area contributed by atoms with Crippen molar-refractivity contribution in [2.24, 2.45) is 0 Å². The second kappa shape index (κ2) is 5.55. The predicted octanol–water partition coefficient (Wildman–Crippen LogP) is 3.64. The Morgan fingerprint density at radius 3 is 2.81 bits per heavy atom. The van der Waals surface area contributed by atoms with Crippen LogP contribution in [0.5, 0.6) is 0 Å². The minimum absolute atomic E-state index is 0.600. The molecule has 1 aromatic carbocycles. The molecule has 0 spiro atoms. The van der Waals surface area contributed by atoms with E-state index in [4.69, 9.17) is 0 Å². The van der Waals surface area contributed by atoms with Gasteiger partial charge < -0.3 is 5.11 Å². The van der Waals surface area contributed by atoms with Gasteiger partial charge in [-0.1, -0.05) is 30.4 Å². The van der Waals surface area contributed by atoms with Gasteiger partial charge in [-0.25, -0.2) is 0 Å². The molecule has 86 valence electrons. The summed E-state index contributed by atoms with van der Waals surface area (Å²) >= 11 is 1.73. The van der Waals surface area contributed by atoms with Gasteiger partial charge in [-0.3, -0.25) is 0 Å². The maximum absolute atomic E-state index is 10.4. The second-order valence-electron chi connectivity index (χ2n) is 4.35. The third kappa shape index (κ3) is 3.39. The van der Waals surface area contributed by atoms with E-state index in [1.807, 2.05) is 24.3 Å². The third-order valence-electron chi connectivity index (χ3n) is 2.89. The van der Waals surface area contributed by atoms with E-state index in [0.29, 0.717) is 0 Å². The Morgan fingerprint density at radius 2 is 2.00 bits per heavy atom. The normalized spacial score (nSPS) is 25.3. The molecule has 0 saturated carbocycles. The SMILES string of the molecule is OC1(CSc2ccccc2)C=CCCCC1. The first-order chi connectivity index (χ1) is 7.79. The van der Waals surface area contributed by atoms with Crippen molar-refractivity contribution in [2.75, 3.05) is 5.75 Å². The summed E-state index contributed by atoms with van der Waals surface area (Å²) in [6.07, 6.45) is 8.45. The highest BCUT2D eigenvalue weighted by molar-refractivity contribution is 7.99. The lowest BCUT2D eigenvalue weighted by molar-refractivity contribution is 0.106. The van der Waals surface area contributed by atoms with E-state index in [9.17, 15) is 5.11 Å². The van der Waals surface area contributed by atoms with E-state index in [-0.39, 0.29) is 0 Å². The number of thioether (sulfide) groups is 1. The van der Waals surface area contributed by atoms with Crippen LogP contribution in [0.2, 0.25) is 0 Å². The molecule has 2 heteroatoms. The van der Waals surface area contributed by atoms with Crippen LogP contribution in [-0.2, 0) is 0 Å². The van der Waals surface area contributed by atoms with Gasteiger partial charge >= 0.3 is 0 Å². The molecule has 0 heterocycles. The van der Waals surface area contributed by atoms with Gasteiger partial charge in [0.2, 0.25) is 0 Å². The Hall–Kier alpha value is -0.730. The molecule has 1 aliphatic carbocycles. The molecule has 0 bridgehead atoms. The summed E-state index contributed by atoms with van der Waals surface area (Å²) in [5.74, 6) is 0.757. The van der Waals surface area contributed by atoms with Crippen LogP contribution in [0.25, 0.3) is 0 Å². The Morgan fingerprint density at radius 1 is 1.19 bits per heavy atom. The Bertz CT molecular complexity index is 347. The molecule has 0 radical (unpaired) electrons. The molecule has 1 aromatic rings. The van der Waals surface area contributed by atoms with Crippen LogP contribution < -0.4 is 0 Å². The smallest absolute Gasteiger partial charge is 0.0921 e. The zero-order valence-corrected chi connectivity index (χ0v) is 10.2. The minimum atomic E-state index is -0.600. The molecular formula is C14H18OS. The fourth-order valence-electron chi connectivity index (χ4n) is 1.92. The summed E-state index contributed by atoms with van der Waals surface area (Å²) in [6.45, 7) is 0. The molecule has 0 aromatic heterocycles. The van der Waals surface area contributed by atoms with Crippen molar-refractivity contribution < 1.29 is 5.11 Å². The number of benzene rings is 1. The Balaban J connectivity index is 1.93. The molecule has 16 heavy (non-hydrogen) atoms. The van der Waals surface area contributed by atoms with Crippen LogP contribution in [0, 0.1) is 0 Å². The highest BCUT2D eigenvalue weighted by Gasteiger charge is 2.24. The standard InChI is InChI=1S/C14H18OS/c15-14(10-6-1-2-7-11-14)12-16-13-8-4-3-5-9-13/h3-6,8-10,15H,1-2,7,11-12H2. The van der Waals surface area contributed by atoms with Crippen molar-refractivity contribution in [3.8, 4) is 0 Å². The van der Waals surface area contributed by atoms with Gasteiger partial charge in [0.25, 0.3) is 0 Å². The summed E-state index contributed by atoms with van der Waals surface area (Å²) in [7, 11) is 0. The van der Waals surface area contributed by atoms with Crippen molar-refractivity contribution in [3.63, 3.8) is 0 Å². The number of hydrogen-bond donors (Lipinski definition) is 1. The lowest BCUT2D eigenvalue weighted by atomic mass is 10.0. The monoisotopic (exact) mass is 234 g/mol. The van der Waals surface area contributed by atoms with Crippen LogP contribution in [0.15, 0.2) is 47.4 Å². The molecule has 1 aliphatic rings. The van der Waals surface area contributed by atoms with Gasteiger partial charge in [-0.05, 0) is 37.8 Å². The largest absolute Gasteiger partial charge is 0.385 e. The van der Waals surface area contributed by atoms with Crippen LogP contribution in [-0.4, -0.2) is 16.5 Å². The molecule has 0 saturated heterocycles. The lowest BCUT2D eigenvalue weighted by Crippen LogP contribution is -2.28. The number of allylic oxidation sites excluding steroid dienone is 1. The van der Waals surface area contributed by atoms with Crippen LogP contribution >= 0.6 is 11.8 Å². The van der Waals surface area contributed by atoms with Gasteiger partial charge in [-0.15, -0.1) is 11.8 Å². The highest BCUT2D eigenvalue weighted by Crippen LogP contribution is 2.28. The number of aliphatic hydroxyl groups is 1. The Labute approximate surface area is 102 Å². The van der Waals surface area contributed by atoms with E-state index in [2.05, 4.69) is 18.2 Å². The molecule has 0 aliphatic heterocycles. The van der Waals surface area contributed by atoms with Crippen molar-refractivity contribution in [1.29, 1.82) is 0 Å². The predicted molar refractivity (Wildman–Crippen MR) is 69.7 cm³/mol. The Kier molecular flexibility index (Phi) is 4.08.